The number of carbonyl (C=O) groups is 1. The molecule has 1 aliphatic heterocycles. The highest BCUT2D eigenvalue weighted by Gasteiger charge is 2.30. The van der Waals surface area contributed by atoms with Crippen molar-refractivity contribution in [2.75, 3.05) is 38.5 Å². The normalized spacial score (nSPS) is 21.4. The fraction of sp³-hybridized carbons (Fsp3) is 0.536. The van der Waals surface area contributed by atoms with E-state index in [2.05, 4.69) is 70.9 Å². The molecule has 0 spiro atoms. The topological polar surface area (TPSA) is 66.3 Å². The van der Waals surface area contributed by atoms with E-state index in [1.165, 1.54) is 11.1 Å². The number of fused-ring (bicyclic) bond motifs is 1. The third kappa shape index (κ3) is 5.20. The van der Waals surface area contributed by atoms with E-state index in [9.17, 15) is 4.79 Å². The summed E-state index contributed by atoms with van der Waals surface area (Å²) in [6.07, 6.45) is 4.08. The number of amides is 1. The number of aryl methyl sites for hydroxylation is 3. The molecule has 1 saturated carbocycles. The van der Waals surface area contributed by atoms with Gasteiger partial charge in [0.1, 0.15) is 11.3 Å². The number of carbonyl (C=O) groups excluding carboxylic acids is 1. The molecular formula is C28H38N6O. The lowest BCUT2D eigenvalue weighted by Crippen LogP contribution is -2.49. The van der Waals surface area contributed by atoms with Gasteiger partial charge < -0.3 is 19.7 Å². The van der Waals surface area contributed by atoms with E-state index in [0.29, 0.717) is 11.9 Å². The van der Waals surface area contributed by atoms with Crippen molar-refractivity contribution >= 4 is 22.8 Å². The number of anilines is 1. The Morgan fingerprint density at radius 1 is 0.971 bits per heavy atom. The molecule has 1 N–H and O–H groups in total. The number of nitrogens with one attached hydrogen (secondary N) is 1. The fourth-order valence-corrected chi connectivity index (χ4v) is 5.60. The summed E-state index contributed by atoms with van der Waals surface area (Å²) in [6, 6.07) is 11.3. The first-order valence-electron chi connectivity index (χ1n) is 13.0. The Morgan fingerprint density at radius 2 is 1.66 bits per heavy atom. The highest BCUT2D eigenvalue weighted by molar-refractivity contribution is 5.79. The van der Waals surface area contributed by atoms with Crippen molar-refractivity contribution in [2.24, 2.45) is 5.92 Å². The van der Waals surface area contributed by atoms with Crippen molar-refractivity contribution in [3.63, 3.8) is 0 Å². The van der Waals surface area contributed by atoms with Crippen molar-refractivity contribution < 1.29 is 4.79 Å². The van der Waals surface area contributed by atoms with Crippen LogP contribution in [-0.4, -0.2) is 69.5 Å². The summed E-state index contributed by atoms with van der Waals surface area (Å²) in [6.45, 7) is 10.7. The largest absolute Gasteiger partial charge is 0.382 e. The molecular weight excluding hydrogens is 436 g/mol. The second kappa shape index (κ2) is 9.97. The van der Waals surface area contributed by atoms with Gasteiger partial charge in [-0.2, -0.15) is 0 Å². The molecule has 0 unspecified atom stereocenters. The van der Waals surface area contributed by atoms with E-state index < -0.39 is 0 Å². The third-order valence-corrected chi connectivity index (χ3v) is 7.77. The van der Waals surface area contributed by atoms with Crippen LogP contribution in [0.15, 0.2) is 30.3 Å². The molecule has 0 atom stereocenters. The van der Waals surface area contributed by atoms with Crippen LogP contribution in [0.4, 0.5) is 5.69 Å². The predicted octanol–water partition coefficient (Wildman–Crippen LogP) is 4.15. The van der Waals surface area contributed by atoms with Gasteiger partial charge in [0, 0.05) is 49.5 Å². The van der Waals surface area contributed by atoms with Gasteiger partial charge in [0.2, 0.25) is 5.91 Å². The molecule has 5 rings (SSSR count). The molecule has 1 aromatic carbocycles. The van der Waals surface area contributed by atoms with Gasteiger partial charge in [0.05, 0.1) is 6.54 Å². The van der Waals surface area contributed by atoms with Crippen LogP contribution in [0.25, 0.3) is 11.2 Å². The Kier molecular flexibility index (Phi) is 6.78. The fourth-order valence-electron chi connectivity index (χ4n) is 5.60. The summed E-state index contributed by atoms with van der Waals surface area (Å²) in [7, 11) is 2.13. The smallest absolute Gasteiger partial charge is 0.225 e. The second-order valence-electron chi connectivity index (χ2n) is 10.5. The Balaban J connectivity index is 1.16. The van der Waals surface area contributed by atoms with Crippen molar-refractivity contribution in [3.8, 4) is 0 Å². The molecule has 7 heteroatoms. The van der Waals surface area contributed by atoms with Crippen LogP contribution in [-0.2, 0) is 11.3 Å². The Labute approximate surface area is 208 Å². The van der Waals surface area contributed by atoms with Crippen molar-refractivity contribution in [2.45, 2.75) is 59.0 Å². The first-order chi connectivity index (χ1) is 16.9. The lowest BCUT2D eigenvalue weighted by atomic mass is 9.85. The van der Waals surface area contributed by atoms with Gasteiger partial charge in [-0.05, 0) is 82.8 Å². The van der Waals surface area contributed by atoms with Gasteiger partial charge in [-0.15, -0.1) is 0 Å². The lowest BCUT2D eigenvalue weighted by Gasteiger charge is -2.36. The summed E-state index contributed by atoms with van der Waals surface area (Å²) in [4.78, 5) is 26.8. The number of pyridine rings is 1. The maximum atomic E-state index is 12.9. The monoisotopic (exact) mass is 474 g/mol. The second-order valence-corrected chi connectivity index (χ2v) is 10.5. The van der Waals surface area contributed by atoms with Gasteiger partial charge in [0.25, 0.3) is 0 Å². The van der Waals surface area contributed by atoms with Crippen LogP contribution in [0, 0.1) is 26.7 Å². The average Bonchev–Trinajstić information content (AvgIpc) is 3.16. The summed E-state index contributed by atoms with van der Waals surface area (Å²) in [5.74, 6) is 1.57. The predicted molar refractivity (Wildman–Crippen MR) is 141 cm³/mol. The summed E-state index contributed by atoms with van der Waals surface area (Å²) >= 11 is 0. The van der Waals surface area contributed by atoms with E-state index in [1.54, 1.807) is 0 Å². The van der Waals surface area contributed by atoms with E-state index in [0.717, 1.165) is 86.8 Å². The first-order valence-corrected chi connectivity index (χ1v) is 13.0. The molecule has 186 valence electrons. The van der Waals surface area contributed by atoms with Crippen LogP contribution in [0.5, 0.6) is 0 Å². The summed E-state index contributed by atoms with van der Waals surface area (Å²) in [5, 5.41) is 3.70. The van der Waals surface area contributed by atoms with Crippen molar-refractivity contribution in [1.29, 1.82) is 0 Å². The number of rotatable bonds is 5. The van der Waals surface area contributed by atoms with Crippen molar-refractivity contribution in [1.82, 2.24) is 24.3 Å². The van der Waals surface area contributed by atoms with E-state index in [1.807, 2.05) is 6.92 Å². The van der Waals surface area contributed by atoms with Crippen LogP contribution < -0.4 is 5.32 Å². The van der Waals surface area contributed by atoms with E-state index in [-0.39, 0.29) is 5.92 Å². The average molecular weight is 475 g/mol. The molecule has 1 saturated heterocycles. The van der Waals surface area contributed by atoms with Crippen LogP contribution in [0.3, 0.4) is 0 Å². The Hall–Kier alpha value is -2.93. The molecule has 2 aromatic heterocycles. The summed E-state index contributed by atoms with van der Waals surface area (Å²) < 4.78 is 2.20. The summed E-state index contributed by atoms with van der Waals surface area (Å²) in [5.41, 5.74) is 6.54. The quantitative estimate of drug-likeness (QED) is 0.602. The van der Waals surface area contributed by atoms with Crippen LogP contribution in [0.1, 0.15) is 48.3 Å². The van der Waals surface area contributed by atoms with E-state index >= 15 is 0 Å². The zero-order valence-electron chi connectivity index (χ0n) is 21.5. The third-order valence-electron chi connectivity index (χ3n) is 7.77. The molecule has 3 heterocycles. The minimum absolute atomic E-state index is 0.202. The number of imidazole rings is 1. The minimum Gasteiger partial charge on any atom is -0.382 e. The number of piperazine rings is 1. The molecule has 2 aliphatic rings. The van der Waals surface area contributed by atoms with Gasteiger partial charge >= 0.3 is 0 Å². The Bertz CT molecular complexity index is 1180. The molecule has 3 aromatic rings. The molecule has 0 radical (unpaired) electrons. The van der Waals surface area contributed by atoms with Crippen molar-refractivity contribution in [3.05, 3.63) is 53.0 Å². The molecule has 1 amide bonds. The number of aromatic nitrogens is 3. The SMILES string of the molecule is Cc1cc(C)c2nc(C)n(Cc3ccc(N[C@H]4CC[C@H](C(=O)N5CCN(C)CC5)CC4)cc3)c2n1. The zero-order valence-corrected chi connectivity index (χ0v) is 21.5. The van der Waals surface area contributed by atoms with Gasteiger partial charge in [-0.1, -0.05) is 12.1 Å². The Morgan fingerprint density at radius 3 is 2.34 bits per heavy atom. The van der Waals surface area contributed by atoms with Crippen LogP contribution in [0.2, 0.25) is 0 Å². The number of benzene rings is 1. The lowest BCUT2D eigenvalue weighted by molar-refractivity contribution is -0.138. The van der Waals surface area contributed by atoms with Gasteiger partial charge in [-0.3, -0.25) is 4.79 Å². The molecule has 35 heavy (non-hydrogen) atoms. The van der Waals surface area contributed by atoms with Gasteiger partial charge in [0.15, 0.2) is 5.65 Å². The highest BCUT2D eigenvalue weighted by Crippen LogP contribution is 2.29. The maximum Gasteiger partial charge on any atom is 0.225 e. The highest BCUT2D eigenvalue weighted by atomic mass is 16.2. The molecule has 7 nitrogen and oxygen atoms in total. The standard InChI is InChI=1S/C28H38N6O/c1-19-17-20(2)29-27-26(19)30-21(3)34(27)18-22-5-9-24(10-6-22)31-25-11-7-23(8-12-25)28(35)33-15-13-32(4)14-16-33/h5-6,9-10,17,23,25,31H,7-8,11-16,18H2,1-4H3/t23-,25-. The minimum atomic E-state index is 0.202. The molecule has 2 fully saturated rings. The number of nitrogens with zero attached hydrogens (tertiary/aromatic N) is 5. The maximum absolute atomic E-state index is 12.9. The van der Waals surface area contributed by atoms with E-state index in [4.69, 9.17) is 9.97 Å². The zero-order chi connectivity index (χ0) is 24.5. The molecule has 1 aliphatic carbocycles. The first kappa shape index (κ1) is 23.8. The van der Waals surface area contributed by atoms with Gasteiger partial charge in [-0.25, -0.2) is 9.97 Å². The number of hydrogen-bond acceptors (Lipinski definition) is 5. The number of hydrogen-bond donors (Lipinski definition) is 1. The van der Waals surface area contributed by atoms with Crippen LogP contribution >= 0.6 is 0 Å². The number of likely N-dealkylation sites (N-methyl/N-ethyl adjacent to an activating group) is 1. The molecule has 0 bridgehead atoms.